The zero-order valence-corrected chi connectivity index (χ0v) is 15.1. The molecule has 0 atom stereocenters. The van der Waals surface area contributed by atoms with Crippen molar-refractivity contribution in [3.05, 3.63) is 24.3 Å². The van der Waals surface area contributed by atoms with Crippen LogP contribution in [-0.2, 0) is 0 Å². The first-order valence-corrected chi connectivity index (χ1v) is 15.3. The molecule has 0 aliphatic rings. The number of benzene rings is 1. The molecule has 0 aliphatic carbocycles. The highest BCUT2D eigenvalue weighted by molar-refractivity contribution is 14.2. The Labute approximate surface area is 114 Å². The van der Waals surface area contributed by atoms with E-state index in [0.717, 1.165) is 0 Å². The third-order valence-electron chi connectivity index (χ3n) is 2.03. The summed E-state index contributed by atoms with van der Waals surface area (Å²) >= 11 is 5.27. The monoisotopic (exact) mass is 452 g/mol. The van der Waals surface area contributed by atoms with E-state index in [1.54, 1.807) is 10.6 Å². The van der Waals surface area contributed by atoms with Gasteiger partial charge in [-0.05, 0) is 12.1 Å². The van der Waals surface area contributed by atoms with E-state index in [-0.39, 0.29) is 0 Å². The quantitative estimate of drug-likeness (QED) is 0.467. The van der Waals surface area contributed by atoms with Crippen LogP contribution in [0.5, 0.6) is 0 Å². The fraction of sp³-hybridized carbons (Fsp3) is 0.400. The maximum absolute atomic E-state index is 2.63. The highest BCUT2D eigenvalue weighted by atomic mass is 127. The van der Waals surface area contributed by atoms with Crippen LogP contribution < -0.4 is 10.6 Å². The van der Waals surface area contributed by atoms with Crippen LogP contribution in [0.15, 0.2) is 24.3 Å². The van der Waals surface area contributed by atoms with Gasteiger partial charge in [-0.25, -0.2) is 0 Å². The van der Waals surface area contributed by atoms with E-state index >= 15 is 0 Å². The average molecular weight is 452 g/mol. The van der Waals surface area contributed by atoms with Crippen LogP contribution in [0.3, 0.4) is 0 Å². The Morgan fingerprint density at radius 1 is 0.786 bits per heavy atom. The molecule has 1 aromatic carbocycles. The summed E-state index contributed by atoms with van der Waals surface area (Å²) in [7, 11) is 0. The minimum atomic E-state index is -0.909. The second-order valence-electron chi connectivity index (χ2n) is 4.12. The highest BCUT2D eigenvalue weighted by Crippen LogP contribution is 2.64. The molecule has 0 aliphatic heterocycles. The summed E-state index contributed by atoms with van der Waals surface area (Å²) in [6.07, 6.45) is 0. The predicted octanol–water partition coefficient (Wildman–Crippen LogP) is 4.19. The van der Waals surface area contributed by atoms with Crippen LogP contribution in [0, 0.1) is 0 Å². The summed E-state index contributed by atoms with van der Waals surface area (Å²) in [4.78, 5) is -1.82. The van der Waals surface area contributed by atoms with Crippen molar-refractivity contribution in [2.75, 3.05) is 26.7 Å². The molecular weight excluding hydrogens is 436 g/mol. The van der Waals surface area contributed by atoms with E-state index in [1.807, 2.05) is 0 Å². The van der Waals surface area contributed by atoms with Crippen molar-refractivity contribution in [3.8, 4) is 0 Å². The lowest BCUT2D eigenvalue weighted by atomic mass is 10.4. The number of halogens is 2. The van der Waals surface area contributed by atoms with Crippen molar-refractivity contribution in [3.63, 3.8) is 0 Å². The molecule has 0 unspecified atom stereocenters. The zero-order chi connectivity index (χ0) is 11.0. The number of hydrogen-bond acceptors (Lipinski definition) is 0. The van der Waals surface area contributed by atoms with E-state index in [1.165, 1.54) is 0 Å². The van der Waals surface area contributed by atoms with Crippen molar-refractivity contribution < 1.29 is 0 Å². The lowest BCUT2D eigenvalue weighted by Gasteiger charge is -2.16. The first-order valence-electron chi connectivity index (χ1n) is 4.40. The van der Waals surface area contributed by atoms with E-state index in [4.69, 9.17) is 0 Å². The van der Waals surface area contributed by atoms with Crippen LogP contribution in [-0.4, -0.2) is 26.7 Å². The standard InChI is InChI=1S/C10H16I2P2/c1-13(2,11)9-7-5-6-8-10(9)14(3,4)12/h5-8H,1-4H3/q+2. The summed E-state index contributed by atoms with van der Waals surface area (Å²) in [5.74, 6) is 0. The van der Waals surface area contributed by atoms with Gasteiger partial charge in [0, 0.05) is 0 Å². The number of rotatable bonds is 2. The van der Waals surface area contributed by atoms with Crippen LogP contribution >= 0.6 is 53.9 Å². The molecule has 0 heterocycles. The van der Waals surface area contributed by atoms with Gasteiger partial charge in [0.25, 0.3) is 0 Å². The van der Waals surface area contributed by atoms with Gasteiger partial charge in [0.05, 0.1) is 26.7 Å². The van der Waals surface area contributed by atoms with Gasteiger partial charge >= 0.3 is 0 Å². The van der Waals surface area contributed by atoms with Gasteiger partial charge in [-0.2, -0.15) is 0 Å². The third kappa shape index (κ3) is 3.54. The lowest BCUT2D eigenvalue weighted by molar-refractivity contribution is 1.81. The SMILES string of the molecule is C[P+](C)(I)c1ccccc1[P+](C)(C)I. The molecule has 14 heavy (non-hydrogen) atoms. The molecule has 1 rings (SSSR count). The van der Waals surface area contributed by atoms with Gasteiger partial charge in [0.1, 0.15) is 20.4 Å². The van der Waals surface area contributed by atoms with Crippen molar-refractivity contribution >= 4 is 64.5 Å². The summed E-state index contributed by atoms with van der Waals surface area (Å²) in [5.41, 5.74) is 0. The molecule has 0 saturated heterocycles. The van der Waals surface area contributed by atoms with Crippen LogP contribution in [0.1, 0.15) is 0 Å². The van der Waals surface area contributed by atoms with E-state index in [9.17, 15) is 0 Å². The van der Waals surface area contributed by atoms with Gasteiger partial charge in [0.15, 0.2) is 44.1 Å². The second-order valence-corrected chi connectivity index (χ2v) is 24.8. The van der Waals surface area contributed by atoms with E-state index in [0.29, 0.717) is 0 Å². The average Bonchev–Trinajstić information content (AvgIpc) is 2.01. The van der Waals surface area contributed by atoms with Gasteiger partial charge in [0.2, 0.25) is 0 Å². The first kappa shape index (κ1) is 13.6. The molecule has 0 radical (unpaired) electrons. The Hall–Kier alpha value is 1.54. The Morgan fingerprint density at radius 2 is 1.07 bits per heavy atom. The second kappa shape index (κ2) is 4.81. The van der Waals surface area contributed by atoms with Crippen molar-refractivity contribution in [2.45, 2.75) is 0 Å². The fourth-order valence-electron chi connectivity index (χ4n) is 1.36. The van der Waals surface area contributed by atoms with Crippen molar-refractivity contribution in [1.82, 2.24) is 0 Å². The summed E-state index contributed by atoms with van der Waals surface area (Å²) in [5, 5.41) is 3.21. The minimum Gasteiger partial charge on any atom is -0.0580 e. The van der Waals surface area contributed by atoms with Gasteiger partial charge < -0.3 is 0 Å². The molecule has 0 nitrogen and oxygen atoms in total. The highest BCUT2D eigenvalue weighted by Gasteiger charge is 2.37. The molecule has 0 bridgehead atoms. The first-order chi connectivity index (χ1) is 6.23. The predicted molar refractivity (Wildman–Crippen MR) is 91.3 cm³/mol. The van der Waals surface area contributed by atoms with E-state index < -0.39 is 9.81 Å². The fourth-order valence-corrected chi connectivity index (χ4v) is 8.65. The Bertz CT molecular complexity index is 291. The molecule has 0 aromatic heterocycles. The summed E-state index contributed by atoms with van der Waals surface area (Å²) in [6.45, 7) is 9.55. The smallest absolute Gasteiger partial charge is 0.0580 e. The van der Waals surface area contributed by atoms with Crippen molar-refractivity contribution in [2.24, 2.45) is 0 Å². The maximum Gasteiger partial charge on any atom is 0.160 e. The van der Waals surface area contributed by atoms with E-state index in [2.05, 4.69) is 95.0 Å². The molecule has 4 heteroatoms. The maximum atomic E-state index is 2.63. The van der Waals surface area contributed by atoms with Crippen molar-refractivity contribution in [1.29, 1.82) is 0 Å². The molecule has 78 valence electrons. The zero-order valence-electron chi connectivity index (χ0n) is 8.96. The molecule has 1 aromatic rings. The topological polar surface area (TPSA) is 0 Å². The van der Waals surface area contributed by atoms with Crippen LogP contribution in [0.2, 0.25) is 0 Å². The molecular formula is C10H16I2P2+2. The largest absolute Gasteiger partial charge is 0.160 e. The molecule has 0 spiro atoms. The molecule has 0 amide bonds. The molecule has 0 N–H and O–H groups in total. The molecule has 0 fully saturated rings. The van der Waals surface area contributed by atoms with Gasteiger partial charge in [-0.1, -0.05) is 12.1 Å². The third-order valence-corrected chi connectivity index (χ3v) is 8.39. The van der Waals surface area contributed by atoms with Crippen LogP contribution in [0.25, 0.3) is 0 Å². The normalized spacial score (nSPS) is 13.0. The minimum absolute atomic E-state index is 0.909. The van der Waals surface area contributed by atoms with Crippen LogP contribution in [0.4, 0.5) is 0 Å². The summed E-state index contributed by atoms with van der Waals surface area (Å²) in [6, 6.07) is 8.98. The Balaban J connectivity index is 3.31. The molecule has 0 saturated carbocycles. The Kier molecular flexibility index (Phi) is 4.67. The Morgan fingerprint density at radius 3 is 1.29 bits per heavy atom. The summed E-state index contributed by atoms with van der Waals surface area (Å²) < 4.78 is 0. The van der Waals surface area contributed by atoms with Gasteiger partial charge in [-0.15, -0.1) is 0 Å². The van der Waals surface area contributed by atoms with Gasteiger partial charge in [-0.3, -0.25) is 0 Å². The lowest BCUT2D eigenvalue weighted by Crippen LogP contribution is -2.25. The number of hydrogen-bond donors (Lipinski definition) is 0.